The molecule has 0 atom stereocenters. The molecule has 1 amide bonds. The third-order valence-corrected chi connectivity index (χ3v) is 6.12. The third-order valence-electron chi connectivity index (χ3n) is 6.12. The van der Waals surface area contributed by atoms with Gasteiger partial charge in [0, 0.05) is 29.1 Å². The number of fused-ring (bicyclic) bond motifs is 1. The molecule has 2 aromatic carbocycles. The summed E-state index contributed by atoms with van der Waals surface area (Å²) in [5.74, 6) is -2.56. The second kappa shape index (κ2) is 9.59. The standard InChI is InChI=1S/C28H21F4N5O2/c1-27(2,39)21-15-35-37-23(21)10-9-17(16-7-4-3-5-8-16)25(37)36-26(38)19-13-18(24-33-11-6-12-34-24)20(14-22(19)29)28(30,31)32/h3-15,39H,1-2H3,(H,36,38). The summed E-state index contributed by atoms with van der Waals surface area (Å²) < 4.78 is 57.7. The van der Waals surface area contributed by atoms with E-state index in [1.54, 1.807) is 50.2 Å². The summed E-state index contributed by atoms with van der Waals surface area (Å²) in [5, 5.41) is 17.5. The van der Waals surface area contributed by atoms with E-state index in [9.17, 15) is 23.1 Å². The summed E-state index contributed by atoms with van der Waals surface area (Å²) in [4.78, 5) is 21.2. The van der Waals surface area contributed by atoms with Crippen molar-refractivity contribution < 1.29 is 27.5 Å². The molecule has 0 unspecified atom stereocenters. The van der Waals surface area contributed by atoms with Crippen LogP contribution in [0, 0.1) is 5.82 Å². The first-order chi connectivity index (χ1) is 18.4. The van der Waals surface area contributed by atoms with E-state index in [0.29, 0.717) is 22.2 Å². The molecule has 198 valence electrons. The highest BCUT2D eigenvalue weighted by molar-refractivity contribution is 6.07. The molecule has 3 aromatic heterocycles. The molecule has 0 aliphatic carbocycles. The molecule has 3 heterocycles. The number of nitrogens with zero attached hydrogens (tertiary/aromatic N) is 4. The number of amides is 1. The SMILES string of the molecule is CC(C)(O)c1cnn2c(NC(=O)c3cc(-c4ncccn4)c(C(F)(F)F)cc3F)c(-c3ccccc3)ccc12. The molecule has 0 radical (unpaired) electrons. The molecule has 39 heavy (non-hydrogen) atoms. The van der Waals surface area contributed by atoms with Crippen molar-refractivity contribution in [2.75, 3.05) is 5.32 Å². The van der Waals surface area contributed by atoms with Gasteiger partial charge >= 0.3 is 6.18 Å². The Morgan fingerprint density at radius 2 is 1.62 bits per heavy atom. The monoisotopic (exact) mass is 535 g/mol. The summed E-state index contributed by atoms with van der Waals surface area (Å²) in [6.07, 6.45) is -0.977. The van der Waals surface area contributed by atoms with Crippen molar-refractivity contribution in [1.29, 1.82) is 0 Å². The molecule has 5 rings (SSSR count). The van der Waals surface area contributed by atoms with Gasteiger partial charge in [0.15, 0.2) is 5.82 Å². The van der Waals surface area contributed by atoms with Gasteiger partial charge in [0.25, 0.3) is 5.91 Å². The van der Waals surface area contributed by atoms with Crippen molar-refractivity contribution in [2.45, 2.75) is 25.6 Å². The van der Waals surface area contributed by atoms with E-state index in [1.807, 2.05) is 6.07 Å². The van der Waals surface area contributed by atoms with E-state index >= 15 is 4.39 Å². The molecule has 2 N–H and O–H groups in total. The first kappa shape index (κ1) is 26.0. The Kier molecular flexibility index (Phi) is 6.39. The first-order valence-electron chi connectivity index (χ1n) is 11.7. The van der Waals surface area contributed by atoms with E-state index in [2.05, 4.69) is 20.4 Å². The lowest BCUT2D eigenvalue weighted by Crippen LogP contribution is -2.19. The van der Waals surface area contributed by atoms with Gasteiger partial charge in [-0.25, -0.2) is 18.9 Å². The predicted molar refractivity (Wildman–Crippen MR) is 136 cm³/mol. The van der Waals surface area contributed by atoms with Gasteiger partial charge in [-0.2, -0.15) is 18.3 Å². The number of halogens is 4. The van der Waals surface area contributed by atoms with Crippen LogP contribution < -0.4 is 5.32 Å². The summed E-state index contributed by atoms with van der Waals surface area (Å²) in [5.41, 5.74) is -1.60. The number of pyridine rings is 1. The number of alkyl halides is 3. The quantitative estimate of drug-likeness (QED) is 0.266. The van der Waals surface area contributed by atoms with Crippen molar-refractivity contribution in [3.05, 3.63) is 102 Å². The van der Waals surface area contributed by atoms with Crippen molar-refractivity contribution in [3.8, 4) is 22.5 Å². The number of anilines is 1. The largest absolute Gasteiger partial charge is 0.417 e. The maximum Gasteiger partial charge on any atom is 0.417 e. The fraction of sp³-hybridized carbons (Fsp3) is 0.143. The van der Waals surface area contributed by atoms with Gasteiger partial charge in [-0.15, -0.1) is 0 Å². The number of hydrogen-bond donors (Lipinski definition) is 2. The van der Waals surface area contributed by atoms with Crippen LogP contribution in [0.5, 0.6) is 0 Å². The van der Waals surface area contributed by atoms with Crippen LogP contribution in [-0.4, -0.2) is 30.6 Å². The van der Waals surface area contributed by atoms with Gasteiger partial charge in [-0.3, -0.25) is 4.79 Å². The second-order valence-corrected chi connectivity index (χ2v) is 9.28. The van der Waals surface area contributed by atoms with Crippen LogP contribution in [-0.2, 0) is 11.8 Å². The number of benzene rings is 2. The molecular formula is C28H21F4N5O2. The number of hydrogen-bond acceptors (Lipinski definition) is 5. The minimum Gasteiger partial charge on any atom is -0.386 e. The van der Waals surface area contributed by atoms with Crippen LogP contribution in [0.4, 0.5) is 23.4 Å². The van der Waals surface area contributed by atoms with Crippen molar-refractivity contribution in [2.24, 2.45) is 0 Å². The van der Waals surface area contributed by atoms with Gasteiger partial charge < -0.3 is 10.4 Å². The van der Waals surface area contributed by atoms with Crippen LogP contribution >= 0.6 is 0 Å². The first-order valence-corrected chi connectivity index (χ1v) is 11.7. The summed E-state index contributed by atoms with van der Waals surface area (Å²) >= 11 is 0. The highest BCUT2D eigenvalue weighted by atomic mass is 19.4. The lowest BCUT2D eigenvalue weighted by Gasteiger charge is -2.18. The normalized spacial score (nSPS) is 12.1. The number of carbonyl (C=O) groups is 1. The number of nitrogens with one attached hydrogen (secondary N) is 1. The maximum absolute atomic E-state index is 15.1. The second-order valence-electron chi connectivity index (χ2n) is 9.28. The van der Waals surface area contributed by atoms with E-state index in [1.165, 1.54) is 29.2 Å². The van der Waals surface area contributed by atoms with Crippen LogP contribution in [0.1, 0.15) is 35.3 Å². The molecule has 11 heteroatoms. The van der Waals surface area contributed by atoms with E-state index in [-0.39, 0.29) is 17.7 Å². The number of aliphatic hydroxyl groups is 1. The molecule has 0 aliphatic heterocycles. The zero-order chi connectivity index (χ0) is 27.9. The Morgan fingerprint density at radius 1 is 0.923 bits per heavy atom. The topological polar surface area (TPSA) is 92.4 Å². The summed E-state index contributed by atoms with van der Waals surface area (Å²) in [6, 6.07) is 14.9. The zero-order valence-corrected chi connectivity index (χ0v) is 20.7. The Labute approximate surface area is 219 Å². The minimum atomic E-state index is -4.92. The zero-order valence-electron chi connectivity index (χ0n) is 20.7. The highest BCUT2D eigenvalue weighted by Gasteiger charge is 2.36. The van der Waals surface area contributed by atoms with Gasteiger partial charge in [-0.1, -0.05) is 30.3 Å². The molecule has 0 spiro atoms. The van der Waals surface area contributed by atoms with Crippen LogP contribution in [0.2, 0.25) is 0 Å². The molecule has 7 nitrogen and oxygen atoms in total. The van der Waals surface area contributed by atoms with Gasteiger partial charge in [0.2, 0.25) is 0 Å². The summed E-state index contributed by atoms with van der Waals surface area (Å²) in [6.45, 7) is 3.16. The molecule has 0 aliphatic rings. The molecule has 5 aromatic rings. The van der Waals surface area contributed by atoms with Gasteiger partial charge in [-0.05, 0) is 49.7 Å². The Balaban J connectivity index is 1.67. The van der Waals surface area contributed by atoms with Crippen LogP contribution in [0.25, 0.3) is 28.0 Å². The predicted octanol–water partition coefficient (Wildman–Crippen LogP) is 6.10. The summed E-state index contributed by atoms with van der Waals surface area (Å²) in [7, 11) is 0. The minimum absolute atomic E-state index is 0.135. The van der Waals surface area contributed by atoms with Gasteiger partial charge in [0.1, 0.15) is 11.6 Å². The van der Waals surface area contributed by atoms with E-state index in [4.69, 9.17) is 0 Å². The van der Waals surface area contributed by atoms with Crippen molar-refractivity contribution in [1.82, 2.24) is 19.6 Å². The number of carbonyl (C=O) groups excluding carboxylic acids is 1. The smallest absolute Gasteiger partial charge is 0.386 e. The lowest BCUT2D eigenvalue weighted by molar-refractivity contribution is -0.137. The van der Waals surface area contributed by atoms with Crippen molar-refractivity contribution >= 4 is 17.2 Å². The van der Waals surface area contributed by atoms with Gasteiger partial charge in [0.05, 0.1) is 28.4 Å². The van der Waals surface area contributed by atoms with Crippen LogP contribution in [0.15, 0.2) is 79.3 Å². The Hall–Kier alpha value is -4.64. The van der Waals surface area contributed by atoms with Crippen molar-refractivity contribution in [3.63, 3.8) is 0 Å². The molecular weight excluding hydrogens is 514 g/mol. The van der Waals surface area contributed by atoms with E-state index < -0.39 is 40.2 Å². The third kappa shape index (κ3) is 4.96. The highest BCUT2D eigenvalue weighted by Crippen LogP contribution is 2.38. The fourth-order valence-corrected chi connectivity index (χ4v) is 4.27. The maximum atomic E-state index is 15.1. The van der Waals surface area contributed by atoms with E-state index in [0.717, 1.165) is 6.07 Å². The fourth-order valence-electron chi connectivity index (χ4n) is 4.27. The molecule has 0 saturated heterocycles. The average molecular weight is 536 g/mol. The average Bonchev–Trinajstić information content (AvgIpc) is 3.35. The molecule has 0 saturated carbocycles. The molecule has 0 bridgehead atoms. The number of aromatic nitrogens is 4. The molecule has 0 fully saturated rings. The Morgan fingerprint density at radius 3 is 2.26 bits per heavy atom. The Bertz CT molecular complexity index is 1680. The lowest BCUT2D eigenvalue weighted by atomic mass is 9.99. The number of rotatable bonds is 5. The van der Waals surface area contributed by atoms with Crippen LogP contribution in [0.3, 0.4) is 0 Å².